The van der Waals surface area contributed by atoms with E-state index in [-0.39, 0.29) is 11.1 Å². The van der Waals surface area contributed by atoms with Crippen molar-refractivity contribution < 1.29 is 0 Å². The van der Waals surface area contributed by atoms with Gasteiger partial charge >= 0.3 is 0 Å². The number of allylic oxidation sites excluding steroid dienone is 8. The van der Waals surface area contributed by atoms with Crippen molar-refractivity contribution in [3.8, 4) is 48.0 Å². The lowest BCUT2D eigenvalue weighted by Crippen LogP contribution is -1.84. The minimum Gasteiger partial charge on any atom is -0.192 e. The Hall–Kier alpha value is -2.82. The highest BCUT2D eigenvalue weighted by atomic mass is 32.2. The van der Waals surface area contributed by atoms with Gasteiger partial charge in [0.2, 0.25) is 0 Å². The van der Waals surface area contributed by atoms with Crippen molar-refractivity contribution in [2.24, 2.45) is 0 Å². The minimum absolute atomic E-state index is 0.00652. The summed E-state index contributed by atoms with van der Waals surface area (Å²) in [6.45, 7) is 7.80. The number of thioether (sulfide) groups is 4. The molecule has 8 heteroatoms. The molecule has 2 rings (SSSR count). The standard InChI is InChI=1S/C32H32N4S4/c1-5-7-9-11-13-27-28(14-12-10-8-6-2)38-31(37-27)32-39-29(17-15-23(3)25(19-33)20-34)30(40-32)18-16-24(4)26(21-35)22-36/h5-14H2,1-4H3. The van der Waals surface area contributed by atoms with Gasteiger partial charge in [-0.05, 0) is 39.5 Å². The van der Waals surface area contributed by atoms with Gasteiger partial charge < -0.3 is 0 Å². The van der Waals surface area contributed by atoms with Gasteiger partial charge in [-0.25, -0.2) is 0 Å². The number of unbranched alkanes of at least 4 members (excludes halogenated alkanes) is 6. The van der Waals surface area contributed by atoms with Gasteiger partial charge in [0.15, 0.2) is 0 Å². The van der Waals surface area contributed by atoms with Crippen LogP contribution in [0, 0.1) is 69.0 Å². The lowest BCUT2D eigenvalue weighted by molar-refractivity contribution is 0.661. The third-order valence-corrected chi connectivity index (χ3v) is 11.7. The first-order valence-electron chi connectivity index (χ1n) is 13.4. The average molecular weight is 601 g/mol. The van der Waals surface area contributed by atoms with Crippen molar-refractivity contribution in [1.29, 1.82) is 21.0 Å². The van der Waals surface area contributed by atoms with E-state index in [9.17, 15) is 21.0 Å². The van der Waals surface area contributed by atoms with E-state index in [0.29, 0.717) is 11.1 Å². The largest absolute Gasteiger partial charge is 0.192 e. The van der Waals surface area contributed by atoms with E-state index in [0.717, 1.165) is 26.9 Å². The molecular formula is C32H32N4S4. The summed E-state index contributed by atoms with van der Waals surface area (Å²) < 4.78 is 2.38. The molecule has 0 aromatic carbocycles. The Balaban J connectivity index is 2.41. The van der Waals surface area contributed by atoms with E-state index in [1.807, 2.05) is 47.8 Å². The maximum absolute atomic E-state index is 9.19. The molecule has 40 heavy (non-hydrogen) atoms. The van der Waals surface area contributed by atoms with Crippen LogP contribution in [0.2, 0.25) is 0 Å². The maximum Gasteiger partial charge on any atom is 0.140 e. The third-order valence-electron chi connectivity index (χ3n) is 5.94. The van der Waals surface area contributed by atoms with E-state index in [4.69, 9.17) is 0 Å². The lowest BCUT2D eigenvalue weighted by Gasteiger charge is -2.05. The molecule has 0 saturated heterocycles. The van der Waals surface area contributed by atoms with Crippen LogP contribution in [0.15, 0.2) is 50.4 Å². The highest BCUT2D eigenvalue weighted by molar-refractivity contribution is 8.34. The summed E-state index contributed by atoms with van der Waals surface area (Å²) in [5, 5.41) is 36.7. The van der Waals surface area contributed by atoms with Crippen molar-refractivity contribution in [3.05, 3.63) is 50.4 Å². The molecule has 0 aromatic rings. The molecule has 0 aliphatic carbocycles. The number of rotatable bonds is 10. The van der Waals surface area contributed by atoms with Crippen LogP contribution in [0.25, 0.3) is 0 Å². The first kappa shape index (κ1) is 33.4. The summed E-state index contributed by atoms with van der Waals surface area (Å²) in [6.07, 6.45) is 12.2. The molecule has 0 N–H and O–H groups in total. The predicted octanol–water partition coefficient (Wildman–Crippen LogP) is 10.2. The van der Waals surface area contributed by atoms with Crippen LogP contribution >= 0.6 is 47.0 Å². The van der Waals surface area contributed by atoms with Gasteiger partial charge in [-0.3, -0.25) is 0 Å². The summed E-state index contributed by atoms with van der Waals surface area (Å²) in [6, 6.07) is 7.55. The molecular weight excluding hydrogens is 569 g/mol. The SMILES string of the molecule is CCCCCCC1=C(CCCCCC)SC(=C2SC(C#CC(C)=C(C#N)C#N)=C(C#CC(C)=C(C#N)C#N)S2)S1. The van der Waals surface area contributed by atoms with Gasteiger partial charge in [0.05, 0.1) is 18.3 Å². The summed E-state index contributed by atoms with van der Waals surface area (Å²) in [5.74, 6) is 12.2. The second kappa shape index (κ2) is 18.5. The molecule has 0 bridgehead atoms. The lowest BCUT2D eigenvalue weighted by atomic mass is 10.1. The first-order chi connectivity index (χ1) is 19.4. The number of hydrogen-bond donors (Lipinski definition) is 0. The van der Waals surface area contributed by atoms with Crippen LogP contribution in [-0.2, 0) is 0 Å². The fraction of sp³-hybridized carbons (Fsp3) is 0.438. The van der Waals surface area contributed by atoms with Crippen LogP contribution in [0.5, 0.6) is 0 Å². The quantitative estimate of drug-likeness (QED) is 0.139. The first-order valence-corrected chi connectivity index (χ1v) is 16.7. The topological polar surface area (TPSA) is 95.2 Å². The summed E-state index contributed by atoms with van der Waals surface area (Å²) in [5.41, 5.74) is 0.818. The Morgan fingerprint density at radius 2 is 0.925 bits per heavy atom. The molecule has 0 fully saturated rings. The van der Waals surface area contributed by atoms with E-state index in [1.165, 1.54) is 65.4 Å². The molecule has 0 unspecified atom stereocenters. The number of nitriles is 4. The molecule has 0 spiro atoms. The molecule has 0 radical (unpaired) electrons. The fourth-order valence-electron chi connectivity index (χ4n) is 3.61. The molecule has 204 valence electrons. The van der Waals surface area contributed by atoms with Crippen molar-refractivity contribution in [1.82, 2.24) is 0 Å². The van der Waals surface area contributed by atoms with Crippen molar-refractivity contribution in [3.63, 3.8) is 0 Å². The molecule has 2 aliphatic rings. The van der Waals surface area contributed by atoms with Gasteiger partial charge in [-0.2, -0.15) is 21.0 Å². The van der Waals surface area contributed by atoms with Gasteiger partial charge in [-0.1, -0.05) is 123 Å². The zero-order valence-corrected chi connectivity index (χ0v) is 26.8. The van der Waals surface area contributed by atoms with Gasteiger partial charge in [0.1, 0.15) is 35.4 Å². The summed E-state index contributed by atoms with van der Waals surface area (Å²) in [7, 11) is 0. The minimum atomic E-state index is -0.00652. The van der Waals surface area contributed by atoms with Crippen molar-refractivity contribution >= 4 is 47.0 Å². The molecule has 0 atom stereocenters. The monoisotopic (exact) mass is 600 g/mol. The van der Waals surface area contributed by atoms with E-state index >= 15 is 0 Å². The van der Waals surface area contributed by atoms with Crippen LogP contribution in [0.4, 0.5) is 0 Å². The Morgan fingerprint density at radius 3 is 1.27 bits per heavy atom. The van der Waals surface area contributed by atoms with E-state index in [1.54, 1.807) is 37.4 Å². The van der Waals surface area contributed by atoms with E-state index < -0.39 is 0 Å². The zero-order chi connectivity index (χ0) is 29.3. The van der Waals surface area contributed by atoms with Crippen LogP contribution in [0.1, 0.15) is 91.9 Å². The normalized spacial score (nSPS) is 13.8. The second-order valence-electron chi connectivity index (χ2n) is 9.06. The summed E-state index contributed by atoms with van der Waals surface area (Å²) in [4.78, 5) is 4.48. The molecule has 2 aliphatic heterocycles. The van der Waals surface area contributed by atoms with Crippen LogP contribution in [-0.4, -0.2) is 0 Å². The number of hydrogen-bond acceptors (Lipinski definition) is 8. The van der Waals surface area contributed by atoms with Crippen molar-refractivity contribution in [2.75, 3.05) is 0 Å². The Labute approximate surface area is 257 Å². The maximum atomic E-state index is 9.19. The van der Waals surface area contributed by atoms with Gasteiger partial charge in [-0.15, -0.1) is 0 Å². The average Bonchev–Trinajstić information content (AvgIpc) is 3.56. The van der Waals surface area contributed by atoms with Gasteiger partial charge in [0, 0.05) is 21.0 Å². The van der Waals surface area contributed by atoms with E-state index in [2.05, 4.69) is 37.5 Å². The fourth-order valence-corrected chi connectivity index (χ4v) is 9.11. The third kappa shape index (κ3) is 10.3. The molecule has 2 heterocycles. The highest BCUT2D eigenvalue weighted by Gasteiger charge is 2.29. The molecule has 0 amide bonds. The highest BCUT2D eigenvalue weighted by Crippen LogP contribution is 2.61. The Morgan fingerprint density at radius 1 is 0.550 bits per heavy atom. The molecule has 0 saturated carbocycles. The molecule has 0 aromatic heterocycles. The molecule has 4 nitrogen and oxygen atoms in total. The second-order valence-corrected chi connectivity index (χ2v) is 13.8. The Kier molecular flexibility index (Phi) is 15.5. The van der Waals surface area contributed by atoms with Crippen molar-refractivity contribution in [2.45, 2.75) is 91.9 Å². The van der Waals surface area contributed by atoms with Crippen LogP contribution in [0.3, 0.4) is 0 Å². The van der Waals surface area contributed by atoms with Crippen LogP contribution < -0.4 is 0 Å². The zero-order valence-electron chi connectivity index (χ0n) is 23.5. The number of nitrogens with zero attached hydrogens (tertiary/aromatic N) is 4. The summed E-state index contributed by atoms with van der Waals surface area (Å²) >= 11 is 6.90. The predicted molar refractivity (Wildman–Crippen MR) is 172 cm³/mol. The Bertz CT molecular complexity index is 1300. The smallest absolute Gasteiger partial charge is 0.140 e. The van der Waals surface area contributed by atoms with Gasteiger partial charge in [0.25, 0.3) is 0 Å².